The molecule has 1 aromatic rings. The lowest BCUT2D eigenvalue weighted by molar-refractivity contribution is 0.199. The molecule has 1 aromatic heterocycles. The molecular formula is C13H22N2O. The van der Waals surface area contributed by atoms with Crippen LogP contribution in [0.1, 0.15) is 38.9 Å². The maximum absolute atomic E-state index is 9.66. The zero-order valence-electron chi connectivity index (χ0n) is 10.6. The molecule has 0 aliphatic rings. The molecule has 3 nitrogen and oxygen atoms in total. The molecule has 0 bridgehead atoms. The molecule has 0 saturated carbocycles. The third kappa shape index (κ3) is 3.49. The Morgan fingerprint density at radius 2 is 2.06 bits per heavy atom. The number of aromatic nitrogens is 1. The molecule has 1 rings (SSSR count). The van der Waals surface area contributed by atoms with Gasteiger partial charge >= 0.3 is 0 Å². The Kier molecular flexibility index (Phi) is 4.74. The molecule has 1 N–H and O–H groups in total. The van der Waals surface area contributed by atoms with Gasteiger partial charge in [0.2, 0.25) is 0 Å². The van der Waals surface area contributed by atoms with Crippen molar-refractivity contribution in [3.05, 3.63) is 23.9 Å². The number of aliphatic hydroxyl groups excluding tert-OH is 1. The summed E-state index contributed by atoms with van der Waals surface area (Å²) in [5.41, 5.74) is 0.897. The van der Waals surface area contributed by atoms with Crippen LogP contribution in [0.3, 0.4) is 0 Å². The lowest BCUT2D eigenvalue weighted by Gasteiger charge is -2.22. The summed E-state index contributed by atoms with van der Waals surface area (Å²) in [5.74, 6) is 1.57. The van der Waals surface area contributed by atoms with Crippen molar-refractivity contribution >= 4 is 5.82 Å². The minimum Gasteiger partial charge on any atom is -0.389 e. The third-order valence-corrected chi connectivity index (χ3v) is 2.67. The maximum Gasteiger partial charge on any atom is 0.134 e. The zero-order chi connectivity index (χ0) is 12.1. The highest BCUT2D eigenvalue weighted by Crippen LogP contribution is 2.23. The first-order valence-corrected chi connectivity index (χ1v) is 5.86. The Morgan fingerprint density at radius 1 is 1.38 bits per heavy atom. The van der Waals surface area contributed by atoms with Crippen molar-refractivity contribution in [2.45, 2.75) is 33.3 Å². The Bertz CT molecular complexity index is 323. The Hall–Kier alpha value is -1.09. The molecule has 90 valence electrons. The average Bonchev–Trinajstić information content (AvgIpc) is 2.25. The fourth-order valence-corrected chi connectivity index (χ4v) is 1.61. The van der Waals surface area contributed by atoms with Crippen molar-refractivity contribution in [1.29, 1.82) is 0 Å². The molecule has 0 fully saturated rings. The number of hydrogen-bond donors (Lipinski definition) is 1. The van der Waals surface area contributed by atoms with Crippen LogP contribution < -0.4 is 4.90 Å². The fourth-order valence-electron chi connectivity index (χ4n) is 1.61. The summed E-state index contributed by atoms with van der Waals surface area (Å²) < 4.78 is 0. The van der Waals surface area contributed by atoms with Crippen molar-refractivity contribution in [2.24, 2.45) is 5.92 Å². The highest BCUT2D eigenvalue weighted by Gasteiger charge is 2.12. The molecule has 1 heterocycles. The predicted molar refractivity (Wildman–Crippen MR) is 67.6 cm³/mol. The van der Waals surface area contributed by atoms with Gasteiger partial charge in [-0.15, -0.1) is 0 Å². The van der Waals surface area contributed by atoms with E-state index in [0.717, 1.165) is 24.3 Å². The maximum atomic E-state index is 9.66. The smallest absolute Gasteiger partial charge is 0.134 e. The van der Waals surface area contributed by atoms with Crippen LogP contribution in [0.25, 0.3) is 0 Å². The molecular weight excluding hydrogens is 200 g/mol. The van der Waals surface area contributed by atoms with E-state index in [2.05, 4.69) is 23.7 Å². The van der Waals surface area contributed by atoms with Crippen LogP contribution >= 0.6 is 0 Å². The molecule has 0 aliphatic carbocycles. The first kappa shape index (κ1) is 13.0. The number of pyridine rings is 1. The van der Waals surface area contributed by atoms with Gasteiger partial charge in [-0.1, -0.05) is 19.9 Å². The quantitative estimate of drug-likeness (QED) is 0.832. The van der Waals surface area contributed by atoms with Crippen LogP contribution in [0.15, 0.2) is 18.3 Å². The molecule has 1 atom stereocenters. The van der Waals surface area contributed by atoms with Crippen molar-refractivity contribution in [3.8, 4) is 0 Å². The van der Waals surface area contributed by atoms with Crippen molar-refractivity contribution < 1.29 is 5.11 Å². The second kappa shape index (κ2) is 5.85. The Balaban J connectivity index is 2.77. The molecule has 0 saturated heterocycles. The normalized spacial score (nSPS) is 12.9. The highest BCUT2D eigenvalue weighted by atomic mass is 16.3. The summed E-state index contributed by atoms with van der Waals surface area (Å²) in [7, 11) is 2.02. The van der Waals surface area contributed by atoms with E-state index in [-0.39, 0.29) is 0 Å². The minimum absolute atomic E-state index is 0.467. The molecule has 0 spiro atoms. The summed E-state index contributed by atoms with van der Waals surface area (Å²) in [5, 5.41) is 9.66. The van der Waals surface area contributed by atoms with Crippen molar-refractivity contribution in [3.63, 3.8) is 0 Å². The Morgan fingerprint density at radius 3 is 2.62 bits per heavy atom. The minimum atomic E-state index is -0.467. The largest absolute Gasteiger partial charge is 0.389 e. The van der Waals surface area contributed by atoms with E-state index in [9.17, 15) is 5.11 Å². The van der Waals surface area contributed by atoms with Gasteiger partial charge in [0.15, 0.2) is 0 Å². The van der Waals surface area contributed by atoms with E-state index in [1.165, 1.54) is 0 Å². The summed E-state index contributed by atoms with van der Waals surface area (Å²) >= 11 is 0. The second-order valence-electron chi connectivity index (χ2n) is 4.70. The number of aliphatic hydroxyl groups is 1. The molecule has 0 aliphatic heterocycles. The van der Waals surface area contributed by atoms with E-state index in [0.29, 0.717) is 5.92 Å². The van der Waals surface area contributed by atoms with Crippen molar-refractivity contribution in [1.82, 2.24) is 4.98 Å². The van der Waals surface area contributed by atoms with Gasteiger partial charge < -0.3 is 10.0 Å². The molecule has 3 heteroatoms. The van der Waals surface area contributed by atoms with Crippen LogP contribution in [-0.4, -0.2) is 23.7 Å². The van der Waals surface area contributed by atoms with Gasteiger partial charge in [0.25, 0.3) is 0 Å². The zero-order valence-corrected chi connectivity index (χ0v) is 10.6. The van der Waals surface area contributed by atoms with E-state index in [4.69, 9.17) is 0 Å². The summed E-state index contributed by atoms with van der Waals surface area (Å²) in [6.07, 6.45) is 2.43. The average molecular weight is 222 g/mol. The van der Waals surface area contributed by atoms with Gasteiger partial charge in [-0.25, -0.2) is 4.98 Å². The predicted octanol–water partition coefficient (Wildman–Crippen LogP) is 2.62. The fraction of sp³-hybridized carbons (Fsp3) is 0.615. The third-order valence-electron chi connectivity index (χ3n) is 2.67. The van der Waals surface area contributed by atoms with Crippen LogP contribution in [0.2, 0.25) is 0 Å². The van der Waals surface area contributed by atoms with E-state index in [1.54, 1.807) is 13.1 Å². The number of hydrogen-bond acceptors (Lipinski definition) is 3. The first-order chi connectivity index (χ1) is 7.52. The molecule has 0 aromatic carbocycles. The SMILES string of the molecule is CC(C)CCN(C)c1ncccc1[C@@H](C)O. The molecule has 0 radical (unpaired) electrons. The first-order valence-electron chi connectivity index (χ1n) is 5.86. The molecule has 0 amide bonds. The van der Waals surface area contributed by atoms with Crippen LogP contribution in [0.5, 0.6) is 0 Å². The van der Waals surface area contributed by atoms with Crippen LogP contribution in [0, 0.1) is 5.92 Å². The molecule has 16 heavy (non-hydrogen) atoms. The summed E-state index contributed by atoms with van der Waals surface area (Å²) in [4.78, 5) is 6.46. The summed E-state index contributed by atoms with van der Waals surface area (Å²) in [6, 6.07) is 3.79. The van der Waals surface area contributed by atoms with Crippen molar-refractivity contribution in [2.75, 3.05) is 18.5 Å². The highest BCUT2D eigenvalue weighted by molar-refractivity contribution is 5.46. The van der Waals surface area contributed by atoms with Gasteiger partial charge in [-0.2, -0.15) is 0 Å². The van der Waals surface area contributed by atoms with Gasteiger partial charge in [-0.05, 0) is 25.3 Å². The van der Waals surface area contributed by atoms with Gasteiger partial charge in [-0.3, -0.25) is 0 Å². The number of rotatable bonds is 5. The topological polar surface area (TPSA) is 36.4 Å². The Labute approximate surface area is 98.1 Å². The number of anilines is 1. The molecule has 0 unspecified atom stereocenters. The van der Waals surface area contributed by atoms with E-state index in [1.807, 2.05) is 19.2 Å². The lowest BCUT2D eigenvalue weighted by atomic mass is 10.1. The van der Waals surface area contributed by atoms with Crippen LogP contribution in [-0.2, 0) is 0 Å². The van der Waals surface area contributed by atoms with Gasteiger partial charge in [0, 0.05) is 25.4 Å². The van der Waals surface area contributed by atoms with Gasteiger partial charge in [0.1, 0.15) is 5.82 Å². The van der Waals surface area contributed by atoms with E-state index >= 15 is 0 Å². The second-order valence-corrected chi connectivity index (χ2v) is 4.70. The van der Waals surface area contributed by atoms with E-state index < -0.39 is 6.10 Å². The number of nitrogens with zero attached hydrogens (tertiary/aromatic N) is 2. The lowest BCUT2D eigenvalue weighted by Crippen LogP contribution is -2.22. The van der Waals surface area contributed by atoms with Gasteiger partial charge in [0.05, 0.1) is 6.10 Å². The van der Waals surface area contributed by atoms with Crippen LogP contribution in [0.4, 0.5) is 5.82 Å². The standard InChI is InChI=1S/C13H22N2O/c1-10(2)7-9-15(4)13-12(11(3)16)6-5-8-14-13/h5-6,8,10-11,16H,7,9H2,1-4H3/t11-/m1/s1. The monoisotopic (exact) mass is 222 g/mol. The summed E-state index contributed by atoms with van der Waals surface area (Å²) in [6.45, 7) is 7.16.